The number of benzene rings is 2. The molecule has 4 nitrogen and oxygen atoms in total. The Labute approximate surface area is 119 Å². The number of sulfone groups is 1. The normalized spacial score (nSPS) is 11.2. The number of anilines is 1. The van der Waals surface area contributed by atoms with E-state index in [1.807, 2.05) is 30.3 Å². The molecule has 0 atom stereocenters. The summed E-state index contributed by atoms with van der Waals surface area (Å²) in [5.74, 6) is 0.328. The number of hydrogen-bond donors (Lipinski definition) is 1. The lowest BCUT2D eigenvalue weighted by atomic mass is 10.2. The zero-order valence-electron chi connectivity index (χ0n) is 11.2. The molecule has 0 fully saturated rings. The molecule has 0 unspecified atom stereocenters. The van der Waals surface area contributed by atoms with E-state index in [9.17, 15) is 8.42 Å². The Morgan fingerprint density at radius 3 is 2.45 bits per heavy atom. The average Bonchev–Trinajstić information content (AvgIpc) is 2.46. The van der Waals surface area contributed by atoms with Crippen LogP contribution in [0.5, 0.6) is 5.75 Å². The molecule has 0 saturated heterocycles. The number of nitrogen functional groups attached to an aromatic ring is 1. The van der Waals surface area contributed by atoms with Crippen LogP contribution in [0.15, 0.2) is 53.4 Å². The maximum Gasteiger partial charge on any atom is 0.181 e. The maximum absolute atomic E-state index is 12.0. The van der Waals surface area contributed by atoms with Crippen molar-refractivity contribution in [2.75, 3.05) is 11.5 Å². The molecule has 2 N–H and O–H groups in total. The van der Waals surface area contributed by atoms with E-state index in [0.29, 0.717) is 18.0 Å². The highest BCUT2D eigenvalue weighted by Crippen LogP contribution is 2.28. The van der Waals surface area contributed by atoms with Crippen molar-refractivity contribution in [3.05, 3.63) is 54.1 Å². The van der Waals surface area contributed by atoms with Gasteiger partial charge in [-0.1, -0.05) is 37.3 Å². The minimum absolute atomic E-state index is 0.0264. The first-order valence-electron chi connectivity index (χ1n) is 6.32. The summed E-state index contributed by atoms with van der Waals surface area (Å²) in [5, 5.41) is 0. The van der Waals surface area contributed by atoms with Gasteiger partial charge in [0.1, 0.15) is 17.3 Å². The summed E-state index contributed by atoms with van der Waals surface area (Å²) in [6, 6.07) is 14.2. The van der Waals surface area contributed by atoms with Crippen molar-refractivity contribution in [2.24, 2.45) is 0 Å². The van der Waals surface area contributed by atoms with Crippen LogP contribution in [0.4, 0.5) is 5.69 Å². The third-order valence-corrected chi connectivity index (χ3v) is 4.69. The second-order valence-corrected chi connectivity index (χ2v) is 6.63. The lowest BCUT2D eigenvalue weighted by Crippen LogP contribution is -2.07. The first-order chi connectivity index (χ1) is 9.53. The van der Waals surface area contributed by atoms with E-state index in [0.717, 1.165) is 5.56 Å². The first-order valence-corrected chi connectivity index (χ1v) is 7.97. The molecule has 0 bridgehead atoms. The Morgan fingerprint density at radius 2 is 1.80 bits per heavy atom. The Morgan fingerprint density at radius 1 is 1.10 bits per heavy atom. The molecule has 2 aromatic carbocycles. The molecule has 106 valence electrons. The third kappa shape index (κ3) is 3.30. The van der Waals surface area contributed by atoms with Crippen molar-refractivity contribution in [2.45, 2.75) is 18.4 Å². The van der Waals surface area contributed by atoms with E-state index in [4.69, 9.17) is 10.5 Å². The van der Waals surface area contributed by atoms with Crippen molar-refractivity contribution in [3.8, 4) is 5.75 Å². The van der Waals surface area contributed by atoms with Crippen LogP contribution >= 0.6 is 0 Å². The van der Waals surface area contributed by atoms with Gasteiger partial charge in [-0.25, -0.2) is 8.42 Å². The second-order valence-electron chi connectivity index (χ2n) is 4.38. The number of nitrogens with two attached hydrogens (primary N) is 1. The second kappa shape index (κ2) is 5.96. The smallest absolute Gasteiger partial charge is 0.181 e. The van der Waals surface area contributed by atoms with Gasteiger partial charge in [-0.2, -0.15) is 0 Å². The fourth-order valence-corrected chi connectivity index (χ4v) is 2.80. The molecule has 20 heavy (non-hydrogen) atoms. The van der Waals surface area contributed by atoms with Gasteiger partial charge in [0.05, 0.1) is 5.75 Å². The Bertz CT molecular complexity index is 682. The van der Waals surface area contributed by atoms with Crippen molar-refractivity contribution < 1.29 is 13.2 Å². The van der Waals surface area contributed by atoms with Gasteiger partial charge in [-0.3, -0.25) is 0 Å². The number of hydrogen-bond acceptors (Lipinski definition) is 4. The molecule has 0 aliphatic carbocycles. The molecule has 0 amide bonds. The Balaban J connectivity index is 2.29. The van der Waals surface area contributed by atoms with Crippen LogP contribution in [0, 0.1) is 0 Å². The van der Waals surface area contributed by atoms with Crippen molar-refractivity contribution in [1.82, 2.24) is 0 Å². The average molecular weight is 291 g/mol. The summed E-state index contributed by atoms with van der Waals surface area (Å²) < 4.78 is 29.7. The number of ether oxygens (including phenoxy) is 1. The zero-order valence-corrected chi connectivity index (χ0v) is 12.1. The lowest BCUT2D eigenvalue weighted by Gasteiger charge is -2.12. The van der Waals surface area contributed by atoms with Gasteiger partial charge in [0.2, 0.25) is 0 Å². The van der Waals surface area contributed by atoms with Gasteiger partial charge in [-0.05, 0) is 17.7 Å². The molecule has 0 aromatic heterocycles. The molecular formula is C15H17NO3S. The van der Waals surface area contributed by atoms with Crippen LogP contribution in [-0.4, -0.2) is 14.2 Å². The highest BCUT2D eigenvalue weighted by atomic mass is 32.2. The highest BCUT2D eigenvalue weighted by Gasteiger charge is 2.18. The molecule has 0 radical (unpaired) electrons. The monoisotopic (exact) mass is 291 g/mol. The van der Waals surface area contributed by atoms with Gasteiger partial charge >= 0.3 is 0 Å². The van der Waals surface area contributed by atoms with Gasteiger partial charge in [0.25, 0.3) is 0 Å². The standard InChI is InChI=1S/C15H17NO3S/c1-2-20(17,18)15-9-8-13(16)10-14(15)19-11-12-6-4-3-5-7-12/h3-10H,2,11,16H2,1H3. The van der Waals surface area contributed by atoms with E-state index < -0.39 is 9.84 Å². The molecule has 0 heterocycles. The molecule has 0 spiro atoms. The summed E-state index contributed by atoms with van der Waals surface area (Å²) >= 11 is 0. The SMILES string of the molecule is CCS(=O)(=O)c1ccc(N)cc1OCc1ccccc1. The number of rotatable bonds is 5. The van der Waals surface area contributed by atoms with Gasteiger partial charge < -0.3 is 10.5 Å². The summed E-state index contributed by atoms with van der Waals surface area (Å²) in [6.07, 6.45) is 0. The quantitative estimate of drug-likeness (QED) is 0.860. The Kier molecular flexibility index (Phi) is 4.29. The first kappa shape index (κ1) is 14.4. The summed E-state index contributed by atoms with van der Waals surface area (Å²) in [5.41, 5.74) is 7.15. The van der Waals surface area contributed by atoms with E-state index in [1.165, 1.54) is 6.07 Å². The summed E-state index contributed by atoms with van der Waals surface area (Å²) in [7, 11) is -3.33. The van der Waals surface area contributed by atoms with Gasteiger partial charge in [-0.15, -0.1) is 0 Å². The Hall–Kier alpha value is -2.01. The van der Waals surface area contributed by atoms with Crippen LogP contribution < -0.4 is 10.5 Å². The summed E-state index contributed by atoms with van der Waals surface area (Å²) in [6.45, 7) is 1.91. The molecular weight excluding hydrogens is 274 g/mol. The molecule has 2 rings (SSSR count). The minimum atomic E-state index is -3.33. The minimum Gasteiger partial charge on any atom is -0.487 e. The maximum atomic E-state index is 12.0. The third-order valence-electron chi connectivity index (χ3n) is 2.92. The molecule has 2 aromatic rings. The lowest BCUT2D eigenvalue weighted by molar-refractivity contribution is 0.298. The molecule has 0 aliphatic heterocycles. The van der Waals surface area contributed by atoms with Crippen LogP contribution in [0.2, 0.25) is 0 Å². The van der Waals surface area contributed by atoms with E-state index in [1.54, 1.807) is 19.1 Å². The fraction of sp³-hybridized carbons (Fsp3) is 0.200. The van der Waals surface area contributed by atoms with Crippen LogP contribution in [0.3, 0.4) is 0 Å². The van der Waals surface area contributed by atoms with E-state index in [-0.39, 0.29) is 10.6 Å². The fourth-order valence-electron chi connectivity index (χ4n) is 1.79. The molecule has 5 heteroatoms. The highest BCUT2D eigenvalue weighted by molar-refractivity contribution is 7.91. The molecule has 0 aliphatic rings. The van der Waals surface area contributed by atoms with Crippen LogP contribution in [0.25, 0.3) is 0 Å². The summed E-state index contributed by atoms with van der Waals surface area (Å²) in [4.78, 5) is 0.185. The predicted molar refractivity (Wildman–Crippen MR) is 79.4 cm³/mol. The van der Waals surface area contributed by atoms with E-state index in [2.05, 4.69) is 0 Å². The largest absolute Gasteiger partial charge is 0.487 e. The van der Waals surface area contributed by atoms with Crippen LogP contribution in [-0.2, 0) is 16.4 Å². The van der Waals surface area contributed by atoms with E-state index >= 15 is 0 Å². The van der Waals surface area contributed by atoms with Crippen molar-refractivity contribution in [3.63, 3.8) is 0 Å². The van der Waals surface area contributed by atoms with Crippen LogP contribution in [0.1, 0.15) is 12.5 Å². The van der Waals surface area contributed by atoms with Crippen molar-refractivity contribution >= 4 is 15.5 Å². The predicted octanol–water partition coefficient (Wildman–Crippen LogP) is 2.64. The topological polar surface area (TPSA) is 69.4 Å². The van der Waals surface area contributed by atoms with Gasteiger partial charge in [0, 0.05) is 11.8 Å². The van der Waals surface area contributed by atoms with Crippen molar-refractivity contribution in [1.29, 1.82) is 0 Å². The molecule has 0 saturated carbocycles. The van der Waals surface area contributed by atoms with Gasteiger partial charge in [0.15, 0.2) is 9.84 Å². The zero-order chi connectivity index (χ0) is 14.6.